The number of carbonyl (C=O) groups is 3. The molecular formula is C25H38N6O4S. The van der Waals surface area contributed by atoms with Crippen LogP contribution >= 0.6 is 11.8 Å². The molecule has 0 aromatic carbocycles. The molecule has 1 aromatic heterocycles. The maximum absolute atomic E-state index is 13.5. The molecule has 1 unspecified atom stereocenters. The lowest BCUT2D eigenvalue weighted by Gasteiger charge is -2.39. The summed E-state index contributed by atoms with van der Waals surface area (Å²) in [6, 6.07) is 2.71. The molecule has 3 amide bonds. The molecule has 2 aliphatic rings. The van der Waals surface area contributed by atoms with Crippen molar-refractivity contribution in [1.82, 2.24) is 25.5 Å². The molecule has 11 heteroatoms. The van der Waals surface area contributed by atoms with Crippen molar-refractivity contribution in [3.8, 4) is 0 Å². The number of amides is 3. The van der Waals surface area contributed by atoms with Crippen molar-refractivity contribution in [1.29, 1.82) is 0 Å². The van der Waals surface area contributed by atoms with Gasteiger partial charge in [-0.05, 0) is 64.3 Å². The summed E-state index contributed by atoms with van der Waals surface area (Å²) < 4.78 is 5.86. The molecule has 1 aromatic rings. The molecule has 1 aliphatic heterocycles. The zero-order chi connectivity index (χ0) is 26.1. The Balaban J connectivity index is 1.76. The van der Waals surface area contributed by atoms with Crippen molar-refractivity contribution in [2.75, 3.05) is 26.4 Å². The van der Waals surface area contributed by atoms with Gasteiger partial charge in [-0.2, -0.15) is 5.01 Å². The maximum atomic E-state index is 13.5. The molecular weight excluding hydrogens is 480 g/mol. The standard InChI is InChI=1S/C25H38N6O4S/c1-18(2)8-9-20(32)22-31(29-24(35-22)36-17-16-30(3)4)23(34)28-25(12-6-5-7-13-25)27-21(33)19-10-14-26-15-11-19/h10-11,14-15,18,22H,5-9,12-13,16-17H2,1-4H3,(H,27,33)(H,28,34). The second kappa shape index (κ2) is 13.0. The fourth-order valence-electron chi connectivity index (χ4n) is 4.09. The molecule has 3 rings (SSSR count). The molecule has 198 valence electrons. The third kappa shape index (κ3) is 7.92. The Hall–Kier alpha value is -2.66. The van der Waals surface area contributed by atoms with Crippen molar-refractivity contribution in [3.63, 3.8) is 0 Å². The Kier molecular flexibility index (Phi) is 10.1. The monoisotopic (exact) mass is 518 g/mol. The Bertz CT molecular complexity index is 934. The van der Waals surface area contributed by atoms with E-state index in [0.29, 0.717) is 48.1 Å². The van der Waals surface area contributed by atoms with Gasteiger partial charge in [0, 0.05) is 36.7 Å². The van der Waals surface area contributed by atoms with Crippen LogP contribution in [0.3, 0.4) is 0 Å². The number of nitrogens with zero attached hydrogens (tertiary/aromatic N) is 4. The van der Waals surface area contributed by atoms with Gasteiger partial charge in [0.1, 0.15) is 5.66 Å². The third-order valence-corrected chi connectivity index (χ3v) is 7.00. The van der Waals surface area contributed by atoms with Crippen LogP contribution in [-0.2, 0) is 9.53 Å². The SMILES string of the molecule is CC(C)CCC(=O)C1OC(SCCN(C)C)=NN1C(=O)NC1(NC(=O)c2ccncc2)CCCCC1. The largest absolute Gasteiger partial charge is 0.438 e. The lowest BCUT2D eigenvalue weighted by molar-refractivity contribution is -0.131. The first kappa shape index (κ1) is 27.9. The zero-order valence-electron chi connectivity index (χ0n) is 21.7. The summed E-state index contributed by atoms with van der Waals surface area (Å²) >= 11 is 1.37. The molecule has 2 N–H and O–H groups in total. The highest BCUT2D eigenvalue weighted by Gasteiger charge is 2.42. The van der Waals surface area contributed by atoms with Crippen LogP contribution < -0.4 is 10.6 Å². The number of rotatable bonds is 10. The summed E-state index contributed by atoms with van der Waals surface area (Å²) in [5, 5.41) is 11.8. The lowest BCUT2D eigenvalue weighted by atomic mass is 9.88. The second-order valence-corrected chi connectivity index (χ2v) is 11.0. The summed E-state index contributed by atoms with van der Waals surface area (Å²) in [6.07, 6.45) is 6.91. The van der Waals surface area contributed by atoms with E-state index in [1.807, 2.05) is 32.8 Å². The predicted molar refractivity (Wildman–Crippen MR) is 140 cm³/mol. The Morgan fingerprint density at radius 1 is 1.17 bits per heavy atom. The molecule has 1 aliphatic carbocycles. The number of carbonyl (C=O) groups excluding carboxylic acids is 3. The van der Waals surface area contributed by atoms with Gasteiger partial charge in [-0.3, -0.25) is 14.6 Å². The number of pyridine rings is 1. The molecule has 0 radical (unpaired) electrons. The van der Waals surface area contributed by atoms with Gasteiger partial charge < -0.3 is 20.3 Å². The Morgan fingerprint density at radius 3 is 2.50 bits per heavy atom. The number of nitrogens with one attached hydrogen (secondary N) is 2. The number of thioether (sulfide) groups is 1. The Labute approximate surface area is 217 Å². The highest BCUT2D eigenvalue weighted by atomic mass is 32.2. The predicted octanol–water partition coefficient (Wildman–Crippen LogP) is 3.41. The van der Waals surface area contributed by atoms with Crippen molar-refractivity contribution in [3.05, 3.63) is 30.1 Å². The third-order valence-electron chi connectivity index (χ3n) is 6.19. The van der Waals surface area contributed by atoms with Crippen LogP contribution in [0.25, 0.3) is 0 Å². The van der Waals surface area contributed by atoms with Crippen LogP contribution in [0.4, 0.5) is 4.79 Å². The van der Waals surface area contributed by atoms with E-state index < -0.39 is 17.9 Å². The molecule has 2 heterocycles. The molecule has 1 saturated carbocycles. The number of ketones is 1. The summed E-state index contributed by atoms with van der Waals surface area (Å²) in [4.78, 5) is 45.5. The van der Waals surface area contributed by atoms with Gasteiger partial charge in [-0.1, -0.05) is 32.0 Å². The van der Waals surface area contributed by atoms with Crippen molar-refractivity contribution in [2.24, 2.45) is 11.0 Å². The van der Waals surface area contributed by atoms with Gasteiger partial charge >= 0.3 is 6.03 Å². The lowest BCUT2D eigenvalue weighted by Crippen LogP contribution is -2.64. The van der Waals surface area contributed by atoms with E-state index in [0.717, 1.165) is 30.8 Å². The fraction of sp³-hybridized carbons (Fsp3) is 0.640. The molecule has 1 atom stereocenters. The van der Waals surface area contributed by atoms with Crippen LogP contribution in [0, 0.1) is 5.92 Å². The van der Waals surface area contributed by atoms with E-state index in [-0.39, 0.29) is 11.7 Å². The average Bonchev–Trinajstić information content (AvgIpc) is 3.28. The van der Waals surface area contributed by atoms with Crippen LogP contribution in [-0.4, -0.2) is 76.1 Å². The van der Waals surface area contributed by atoms with E-state index in [1.165, 1.54) is 11.8 Å². The fourth-order valence-corrected chi connectivity index (χ4v) is 5.02. The number of hydrogen-bond donors (Lipinski definition) is 2. The number of hydrogen-bond acceptors (Lipinski definition) is 8. The number of Topliss-reactive ketones (excluding diaryl/α,β-unsaturated/α-hetero) is 1. The smallest absolute Gasteiger partial charge is 0.343 e. The van der Waals surface area contributed by atoms with Gasteiger partial charge in [-0.15, -0.1) is 5.10 Å². The van der Waals surface area contributed by atoms with Crippen LogP contribution in [0.2, 0.25) is 0 Å². The topological polar surface area (TPSA) is 116 Å². The van der Waals surface area contributed by atoms with Crippen LogP contribution in [0.15, 0.2) is 29.6 Å². The summed E-state index contributed by atoms with van der Waals surface area (Å²) in [5.74, 6) is 0.580. The minimum atomic E-state index is -1.11. The first-order valence-corrected chi connectivity index (χ1v) is 13.6. The number of aromatic nitrogens is 1. The minimum absolute atomic E-state index is 0.190. The van der Waals surface area contributed by atoms with Crippen molar-refractivity contribution in [2.45, 2.75) is 70.7 Å². The quantitative estimate of drug-likeness (QED) is 0.456. The van der Waals surface area contributed by atoms with E-state index in [4.69, 9.17) is 4.74 Å². The summed E-state index contributed by atoms with van der Waals surface area (Å²) in [7, 11) is 3.94. The van der Waals surface area contributed by atoms with Gasteiger partial charge in [0.05, 0.1) is 0 Å². The number of ether oxygens (including phenoxy) is 1. The first-order valence-electron chi connectivity index (χ1n) is 12.6. The molecule has 0 bridgehead atoms. The van der Waals surface area contributed by atoms with E-state index in [9.17, 15) is 14.4 Å². The van der Waals surface area contributed by atoms with Gasteiger partial charge in [0.15, 0.2) is 5.78 Å². The number of hydrazone groups is 1. The average molecular weight is 519 g/mol. The Morgan fingerprint density at radius 2 is 1.86 bits per heavy atom. The summed E-state index contributed by atoms with van der Waals surface area (Å²) in [5.41, 5.74) is -0.467. The van der Waals surface area contributed by atoms with Gasteiger partial charge in [0.2, 0.25) is 0 Å². The summed E-state index contributed by atoms with van der Waals surface area (Å²) in [6.45, 7) is 4.89. The first-order chi connectivity index (χ1) is 17.2. The van der Waals surface area contributed by atoms with Gasteiger partial charge in [-0.25, -0.2) is 4.79 Å². The second-order valence-electron chi connectivity index (χ2n) is 9.99. The minimum Gasteiger partial charge on any atom is -0.438 e. The van der Waals surface area contributed by atoms with Crippen LogP contribution in [0.5, 0.6) is 0 Å². The molecule has 1 fully saturated rings. The number of urea groups is 1. The van der Waals surface area contributed by atoms with Crippen molar-refractivity contribution < 1.29 is 19.1 Å². The van der Waals surface area contributed by atoms with E-state index in [2.05, 4.69) is 20.7 Å². The maximum Gasteiger partial charge on any atom is 0.343 e. The highest BCUT2D eigenvalue weighted by Crippen LogP contribution is 2.28. The van der Waals surface area contributed by atoms with Gasteiger partial charge in [0.25, 0.3) is 17.4 Å². The van der Waals surface area contributed by atoms with E-state index >= 15 is 0 Å². The van der Waals surface area contributed by atoms with Crippen molar-refractivity contribution >= 4 is 34.7 Å². The molecule has 36 heavy (non-hydrogen) atoms. The molecule has 0 spiro atoms. The molecule has 10 nitrogen and oxygen atoms in total. The highest BCUT2D eigenvalue weighted by molar-refractivity contribution is 8.13. The zero-order valence-corrected chi connectivity index (χ0v) is 22.5. The normalized spacial score (nSPS) is 19.1. The van der Waals surface area contributed by atoms with E-state index in [1.54, 1.807) is 24.5 Å². The molecule has 0 saturated heterocycles. The van der Waals surface area contributed by atoms with Crippen LogP contribution in [0.1, 0.15) is 69.2 Å².